The quantitative estimate of drug-likeness (QED) is 0.0375. The normalized spacial score (nSPS) is 14.7. The number of benzene rings is 9. The monoisotopic (exact) mass is 1480 g/mol. The van der Waals surface area contributed by atoms with E-state index in [4.69, 9.17) is 27.8 Å². The van der Waals surface area contributed by atoms with Crippen molar-refractivity contribution >= 4 is 35.8 Å². The zero-order valence-electron chi connectivity index (χ0n) is 63.5. The molecule has 9 aromatic carbocycles. The maximum Gasteiger partial charge on any atom is 0.314 e. The molecule has 3 heterocycles. The summed E-state index contributed by atoms with van der Waals surface area (Å²) in [6, 6.07) is 70.4. The first-order valence-corrected chi connectivity index (χ1v) is 37.3. The van der Waals surface area contributed by atoms with Crippen LogP contribution in [0.1, 0.15) is 161 Å². The number of aromatic nitrogens is 3. The molecule has 3 aliphatic carbocycles. The highest BCUT2D eigenvalue weighted by Crippen LogP contribution is 2.51. The summed E-state index contributed by atoms with van der Waals surface area (Å²) < 4.78 is 33.9. The molecule has 12 aromatic rings. The molecule has 18 heteroatoms. The molecule has 0 aliphatic heterocycles. The number of hydrogen-bond donors (Lipinski definition) is 3. The number of carboxylic acids is 3. The number of carbonyl (C=O) groups excluding carboxylic acids is 3. The van der Waals surface area contributed by atoms with Crippen LogP contribution < -0.4 is 0 Å². The number of aryl methyl sites for hydroxylation is 6. The molecule has 3 saturated carbocycles. The summed E-state index contributed by atoms with van der Waals surface area (Å²) >= 11 is 0. The number of aliphatic carboxylic acids is 3. The van der Waals surface area contributed by atoms with Gasteiger partial charge in [0.05, 0.1) is 52.6 Å². The van der Waals surface area contributed by atoms with E-state index in [-0.39, 0.29) is 55.5 Å². The summed E-state index contributed by atoms with van der Waals surface area (Å²) in [5.41, 5.74) is 19.2. The molecule has 0 bridgehead atoms. The van der Waals surface area contributed by atoms with Gasteiger partial charge in [-0.1, -0.05) is 245 Å². The van der Waals surface area contributed by atoms with Gasteiger partial charge in [0.25, 0.3) is 0 Å². The summed E-state index contributed by atoms with van der Waals surface area (Å²) in [6.45, 7) is 17.1. The Hall–Kier alpha value is -12.6. The third kappa shape index (κ3) is 17.0. The number of nitrogens with zero attached hydrogens (tertiary/aromatic N) is 3. The molecule has 3 atom stereocenters. The van der Waals surface area contributed by atoms with Crippen LogP contribution in [0.25, 0.3) is 67.4 Å². The van der Waals surface area contributed by atoms with Gasteiger partial charge in [-0.3, -0.25) is 28.8 Å². The van der Waals surface area contributed by atoms with Gasteiger partial charge in [0.15, 0.2) is 17.3 Å². The molecular formula is C93H87N3O15. The fraction of sp³-hybridized carbons (Fsp3) is 0.258. The van der Waals surface area contributed by atoms with Crippen molar-refractivity contribution in [2.45, 2.75) is 155 Å². The topological polar surface area (TPSA) is 269 Å². The zero-order chi connectivity index (χ0) is 78.5. The van der Waals surface area contributed by atoms with Gasteiger partial charge in [0, 0.05) is 33.4 Å². The maximum atomic E-state index is 12.8. The Kier molecular flexibility index (Phi) is 22.3. The largest absolute Gasteiger partial charge is 0.481 e. The fourth-order valence-corrected chi connectivity index (χ4v) is 14.3. The van der Waals surface area contributed by atoms with Crippen LogP contribution in [0, 0.1) is 41.5 Å². The van der Waals surface area contributed by atoms with Gasteiger partial charge in [0.1, 0.15) is 18.3 Å². The van der Waals surface area contributed by atoms with E-state index >= 15 is 0 Å². The predicted molar refractivity (Wildman–Crippen MR) is 420 cm³/mol. The Morgan fingerprint density at radius 2 is 0.640 bits per heavy atom. The highest BCUT2D eigenvalue weighted by atomic mass is 16.6. The first-order chi connectivity index (χ1) is 53.3. The molecule has 3 fully saturated rings. The first-order valence-electron chi connectivity index (χ1n) is 37.3. The van der Waals surface area contributed by atoms with Gasteiger partial charge in [-0.2, -0.15) is 0 Å². The van der Waals surface area contributed by atoms with Crippen LogP contribution in [0.5, 0.6) is 0 Å². The molecule has 0 amide bonds. The van der Waals surface area contributed by atoms with Crippen LogP contribution in [0.2, 0.25) is 0 Å². The van der Waals surface area contributed by atoms with E-state index < -0.39 is 34.2 Å². The number of carbonyl (C=O) groups is 6. The van der Waals surface area contributed by atoms with Crippen molar-refractivity contribution in [1.82, 2.24) is 15.5 Å². The van der Waals surface area contributed by atoms with Gasteiger partial charge < -0.3 is 43.1 Å². The Balaban J connectivity index is 0.000000146. The minimum absolute atomic E-state index is 0.0648. The second-order valence-electron chi connectivity index (χ2n) is 29.5. The van der Waals surface area contributed by atoms with E-state index in [2.05, 4.69) is 15.5 Å². The first kappa shape index (κ1) is 76.6. The maximum absolute atomic E-state index is 12.8. The van der Waals surface area contributed by atoms with Crippen LogP contribution >= 0.6 is 0 Å². The van der Waals surface area contributed by atoms with Gasteiger partial charge in [-0.05, 0) is 173 Å². The number of carboxylic acid groups (broad SMARTS) is 3. The molecule has 18 nitrogen and oxygen atoms in total. The van der Waals surface area contributed by atoms with Crippen molar-refractivity contribution < 1.29 is 71.9 Å². The second kappa shape index (κ2) is 32.3. The smallest absolute Gasteiger partial charge is 0.314 e. The molecule has 3 aromatic heterocycles. The summed E-state index contributed by atoms with van der Waals surface area (Å²) in [6.07, 6.45) is 3.26. The van der Waals surface area contributed by atoms with Gasteiger partial charge >= 0.3 is 35.8 Å². The average Bonchev–Trinajstić information content (AvgIpc) is 1.61. The van der Waals surface area contributed by atoms with Crippen molar-refractivity contribution in [2.24, 2.45) is 0 Å². The molecule has 3 N–H and O–H groups in total. The lowest BCUT2D eigenvalue weighted by Crippen LogP contribution is -2.19. The third-order valence-electron chi connectivity index (χ3n) is 21.8. The molecule has 0 spiro atoms. The summed E-state index contributed by atoms with van der Waals surface area (Å²) in [4.78, 5) is 73.1. The van der Waals surface area contributed by atoms with E-state index in [9.17, 15) is 44.1 Å². The summed E-state index contributed by atoms with van der Waals surface area (Å²) in [5.74, 6) is -1.62. The number of rotatable bonds is 24. The van der Waals surface area contributed by atoms with E-state index in [1.165, 1.54) is 0 Å². The van der Waals surface area contributed by atoms with Crippen molar-refractivity contribution in [1.29, 1.82) is 0 Å². The minimum Gasteiger partial charge on any atom is -0.481 e. The van der Waals surface area contributed by atoms with Crippen LogP contribution in [-0.4, -0.2) is 66.6 Å². The molecule has 564 valence electrons. The number of ether oxygens (including phenoxy) is 3. The van der Waals surface area contributed by atoms with Crippen molar-refractivity contribution in [2.75, 3.05) is 0 Å². The number of esters is 3. The average molecular weight is 1490 g/mol. The predicted octanol–water partition coefficient (Wildman–Crippen LogP) is 19.8. The molecule has 111 heavy (non-hydrogen) atoms. The Morgan fingerprint density at radius 3 is 0.946 bits per heavy atom. The van der Waals surface area contributed by atoms with Crippen LogP contribution in [-0.2, 0) is 78.5 Å². The fourth-order valence-electron chi connectivity index (χ4n) is 14.3. The van der Waals surface area contributed by atoms with Crippen LogP contribution in [0.3, 0.4) is 0 Å². The molecular weight excluding hydrogens is 1400 g/mol. The Morgan fingerprint density at radius 1 is 0.342 bits per heavy atom. The molecule has 0 unspecified atom stereocenters. The Labute approximate surface area is 644 Å². The third-order valence-corrected chi connectivity index (χ3v) is 21.8. The van der Waals surface area contributed by atoms with E-state index in [0.717, 1.165) is 100 Å². The van der Waals surface area contributed by atoms with Crippen LogP contribution in [0.15, 0.2) is 232 Å². The van der Waals surface area contributed by atoms with Crippen LogP contribution in [0.4, 0.5) is 0 Å². The summed E-state index contributed by atoms with van der Waals surface area (Å²) in [5, 5.41) is 40.9. The lowest BCUT2D eigenvalue weighted by Gasteiger charge is -2.16. The zero-order valence-corrected chi connectivity index (χ0v) is 63.5. The lowest BCUT2D eigenvalue weighted by atomic mass is 9.93. The Bertz CT molecular complexity index is 5390. The second-order valence-corrected chi connectivity index (χ2v) is 29.5. The van der Waals surface area contributed by atoms with Gasteiger partial charge in [-0.15, -0.1) is 0 Å². The SMILES string of the molecule is Cc1ccc([C@@H](C)OC(=O)Cc2c(C)noc2-c2ccc(-c3ccc(C4(C(=O)O)CC4)cc3)cc2)cc1.Cc1cccc([C@@H](C)OC(=O)Cc2c(C)noc2-c2ccc(-c3ccc(C4(C(=O)O)CC4)cc3)cc2)c1.Cc1noc(-c2ccc(-c3ccc(C4(C(=O)O)CC4)cc3)cc2)c1CC(=O)O[C@H](C)c1ccccc1[11CH3]. The number of hydrogen-bond acceptors (Lipinski definition) is 15. The lowest BCUT2D eigenvalue weighted by molar-refractivity contribution is -0.148. The van der Waals surface area contributed by atoms with E-state index in [0.29, 0.717) is 89.6 Å². The highest BCUT2D eigenvalue weighted by molar-refractivity contribution is 5.88. The minimum atomic E-state index is -0.753. The highest BCUT2D eigenvalue weighted by Gasteiger charge is 2.53. The standard InChI is InChI=1S/3C31H29NO5/c1-19-4-6-22(7-5-19)21(3)36-28(33)18-27-20(2)32-37-29(27)25-10-8-23(9-11-25)24-12-14-26(15-13-24)31(16-17-31)30(34)35;1-19-5-4-6-25(17-19)21(3)36-28(33)18-27-20(2)32-37-29(27)24-9-7-22(8-10-24)23-11-13-26(14-12-23)31(15-16-31)30(34)35;1-19-6-4-5-7-26(19)21(3)36-28(33)18-27-20(2)32-37-29(27)24-10-8-22(9-11-24)23-12-14-25(15-13-23)31(16-17-31)30(34)35/h4-15,21H,16-18H2,1-3H3,(H,34,35);4-14,17,21H,15-16,18H2,1-3H3,(H,34,35);4-15,21H,16-18H2,1-3H3,(H,34,35)/t3*21-/m111/s1/i;;1-1. The summed E-state index contributed by atoms with van der Waals surface area (Å²) in [7, 11) is 0. The molecule has 0 radical (unpaired) electrons. The molecule has 15 rings (SSSR count). The van der Waals surface area contributed by atoms with Gasteiger partial charge in [0.2, 0.25) is 0 Å². The molecule has 3 aliphatic rings. The van der Waals surface area contributed by atoms with Crippen molar-refractivity contribution in [3.63, 3.8) is 0 Å². The van der Waals surface area contributed by atoms with Crippen molar-refractivity contribution in [3.8, 4) is 67.4 Å². The van der Waals surface area contributed by atoms with E-state index in [1.54, 1.807) is 0 Å². The van der Waals surface area contributed by atoms with Crippen molar-refractivity contribution in [3.05, 3.63) is 302 Å². The van der Waals surface area contributed by atoms with E-state index in [1.807, 2.05) is 281 Å². The molecule has 0 saturated heterocycles. The van der Waals surface area contributed by atoms with Gasteiger partial charge in [-0.25, -0.2) is 0 Å².